The SMILES string of the molecule is C=CCn1c(COc2ccc(F)cc2)nnc1SCC(=O)N[C@@H](C)COC. The quantitative estimate of drug-likeness (QED) is 0.466. The van der Waals surface area contributed by atoms with E-state index in [0.29, 0.717) is 29.9 Å². The van der Waals surface area contributed by atoms with E-state index in [4.69, 9.17) is 9.47 Å². The van der Waals surface area contributed by atoms with Crippen LogP contribution in [0.15, 0.2) is 42.1 Å². The molecule has 0 spiro atoms. The molecule has 0 aliphatic heterocycles. The first-order valence-electron chi connectivity index (χ1n) is 8.36. The minimum Gasteiger partial charge on any atom is -0.486 e. The van der Waals surface area contributed by atoms with Gasteiger partial charge in [0.15, 0.2) is 11.0 Å². The number of hydrogen-bond donors (Lipinski definition) is 1. The van der Waals surface area contributed by atoms with E-state index in [-0.39, 0.29) is 30.1 Å². The number of halogens is 1. The number of rotatable bonds is 11. The topological polar surface area (TPSA) is 78.3 Å². The third-order valence-electron chi connectivity index (χ3n) is 3.44. The third kappa shape index (κ3) is 6.69. The van der Waals surface area contributed by atoms with Crippen LogP contribution >= 0.6 is 11.8 Å². The molecular formula is C18H23FN4O3S. The molecule has 1 heterocycles. The Bertz CT molecular complexity index is 752. The molecule has 27 heavy (non-hydrogen) atoms. The molecule has 0 unspecified atom stereocenters. The maximum absolute atomic E-state index is 13.0. The van der Waals surface area contributed by atoms with Crippen molar-refractivity contribution in [2.45, 2.75) is 31.3 Å². The molecule has 0 radical (unpaired) electrons. The molecule has 9 heteroatoms. The number of nitrogens with zero attached hydrogens (tertiary/aromatic N) is 3. The number of allylic oxidation sites excluding steroid dienone is 1. The fourth-order valence-corrected chi connectivity index (χ4v) is 3.04. The molecule has 1 N–H and O–H groups in total. The van der Waals surface area contributed by atoms with Crippen LogP contribution in [0.2, 0.25) is 0 Å². The number of aromatic nitrogens is 3. The smallest absolute Gasteiger partial charge is 0.230 e. The molecule has 146 valence electrons. The zero-order valence-electron chi connectivity index (χ0n) is 15.4. The number of hydrogen-bond acceptors (Lipinski definition) is 6. The number of benzene rings is 1. The molecule has 2 aromatic rings. The number of carbonyl (C=O) groups excluding carboxylic acids is 1. The molecular weight excluding hydrogens is 371 g/mol. The fraction of sp³-hybridized carbons (Fsp3) is 0.389. The Morgan fingerprint density at radius 1 is 1.41 bits per heavy atom. The highest BCUT2D eigenvalue weighted by Gasteiger charge is 2.15. The van der Waals surface area contributed by atoms with Crippen LogP contribution in [0.25, 0.3) is 0 Å². The summed E-state index contributed by atoms with van der Waals surface area (Å²) in [7, 11) is 1.59. The molecule has 0 saturated heterocycles. The van der Waals surface area contributed by atoms with E-state index < -0.39 is 0 Å². The average molecular weight is 394 g/mol. The highest BCUT2D eigenvalue weighted by atomic mass is 32.2. The summed E-state index contributed by atoms with van der Waals surface area (Å²) in [6.07, 6.45) is 1.72. The van der Waals surface area contributed by atoms with E-state index in [9.17, 15) is 9.18 Å². The van der Waals surface area contributed by atoms with E-state index in [0.717, 1.165) is 0 Å². The Morgan fingerprint density at radius 2 is 2.15 bits per heavy atom. The summed E-state index contributed by atoms with van der Waals surface area (Å²) in [6.45, 7) is 6.72. The molecule has 0 aliphatic carbocycles. The summed E-state index contributed by atoms with van der Waals surface area (Å²) >= 11 is 1.28. The van der Waals surface area contributed by atoms with Crippen molar-refractivity contribution in [3.8, 4) is 5.75 Å². The predicted molar refractivity (Wildman–Crippen MR) is 101 cm³/mol. The molecule has 0 fully saturated rings. The van der Waals surface area contributed by atoms with Crippen molar-refractivity contribution in [3.63, 3.8) is 0 Å². The maximum Gasteiger partial charge on any atom is 0.230 e. The Labute approximate surface area is 162 Å². The normalized spacial score (nSPS) is 11.8. The number of nitrogens with one attached hydrogen (secondary N) is 1. The first-order chi connectivity index (χ1) is 13.0. The van der Waals surface area contributed by atoms with Crippen LogP contribution in [-0.4, -0.2) is 46.2 Å². The first kappa shape index (κ1) is 20.9. The molecule has 0 bridgehead atoms. The Morgan fingerprint density at radius 3 is 2.81 bits per heavy atom. The van der Waals surface area contributed by atoms with Crippen LogP contribution in [0.5, 0.6) is 5.75 Å². The van der Waals surface area contributed by atoms with Gasteiger partial charge in [0.2, 0.25) is 5.91 Å². The van der Waals surface area contributed by atoms with Gasteiger partial charge in [-0.1, -0.05) is 17.8 Å². The van der Waals surface area contributed by atoms with E-state index in [1.807, 2.05) is 11.5 Å². The summed E-state index contributed by atoms with van der Waals surface area (Å²) in [6, 6.07) is 5.69. The van der Waals surface area contributed by atoms with E-state index in [2.05, 4.69) is 22.1 Å². The molecule has 1 aromatic carbocycles. The van der Waals surface area contributed by atoms with Crippen molar-refractivity contribution in [1.82, 2.24) is 20.1 Å². The zero-order valence-corrected chi connectivity index (χ0v) is 16.2. The minimum absolute atomic E-state index is 0.0613. The largest absolute Gasteiger partial charge is 0.486 e. The first-order valence-corrected chi connectivity index (χ1v) is 9.34. The highest BCUT2D eigenvalue weighted by molar-refractivity contribution is 7.99. The van der Waals surface area contributed by atoms with Crippen LogP contribution in [0, 0.1) is 5.82 Å². The number of methoxy groups -OCH3 is 1. The second kappa shape index (κ2) is 10.7. The second-order valence-electron chi connectivity index (χ2n) is 5.75. The maximum atomic E-state index is 13.0. The number of amides is 1. The third-order valence-corrected chi connectivity index (χ3v) is 4.41. The van der Waals surface area contributed by atoms with Gasteiger partial charge in [0.1, 0.15) is 18.2 Å². The molecule has 0 aliphatic rings. The van der Waals surface area contributed by atoms with Gasteiger partial charge in [-0.15, -0.1) is 16.8 Å². The average Bonchev–Trinajstić information content (AvgIpc) is 3.02. The molecule has 1 amide bonds. The van der Waals surface area contributed by atoms with Gasteiger partial charge in [0.25, 0.3) is 0 Å². The lowest BCUT2D eigenvalue weighted by atomic mass is 10.3. The van der Waals surface area contributed by atoms with Crippen molar-refractivity contribution < 1.29 is 18.7 Å². The van der Waals surface area contributed by atoms with E-state index in [1.165, 1.54) is 23.9 Å². The van der Waals surface area contributed by atoms with Gasteiger partial charge in [-0.25, -0.2) is 4.39 Å². The lowest BCUT2D eigenvalue weighted by Crippen LogP contribution is -2.36. The summed E-state index contributed by atoms with van der Waals surface area (Å²) < 4.78 is 25.4. The number of ether oxygens (including phenoxy) is 2. The molecule has 0 saturated carbocycles. The van der Waals surface area contributed by atoms with Gasteiger partial charge in [-0.05, 0) is 31.2 Å². The lowest BCUT2D eigenvalue weighted by Gasteiger charge is -2.12. The Hall–Kier alpha value is -2.39. The van der Waals surface area contributed by atoms with Crippen LogP contribution < -0.4 is 10.1 Å². The van der Waals surface area contributed by atoms with Gasteiger partial charge < -0.3 is 14.8 Å². The van der Waals surface area contributed by atoms with Gasteiger partial charge >= 0.3 is 0 Å². The minimum atomic E-state index is -0.325. The Kier molecular flexibility index (Phi) is 8.28. The summed E-state index contributed by atoms with van der Waals surface area (Å²) in [5.41, 5.74) is 0. The van der Waals surface area contributed by atoms with Gasteiger partial charge in [-0.3, -0.25) is 9.36 Å². The molecule has 1 atom stereocenters. The number of carbonyl (C=O) groups is 1. The fourth-order valence-electron chi connectivity index (χ4n) is 2.26. The molecule has 7 nitrogen and oxygen atoms in total. The Balaban J connectivity index is 1.95. The monoisotopic (exact) mass is 394 g/mol. The van der Waals surface area contributed by atoms with Crippen molar-refractivity contribution >= 4 is 17.7 Å². The summed E-state index contributed by atoms with van der Waals surface area (Å²) in [5.74, 6) is 0.901. The zero-order chi connectivity index (χ0) is 19.6. The van der Waals surface area contributed by atoms with Gasteiger partial charge in [0.05, 0.1) is 12.4 Å². The standard InChI is InChI=1S/C18H23FN4O3S/c1-4-9-23-16(11-26-15-7-5-14(19)6-8-15)21-22-18(23)27-12-17(24)20-13(2)10-25-3/h4-8,13H,1,9-12H2,2-3H3,(H,20,24)/t13-/m0/s1. The predicted octanol–water partition coefficient (Wildman–Crippen LogP) is 2.43. The van der Waals surface area contributed by atoms with E-state index in [1.54, 1.807) is 25.3 Å². The van der Waals surface area contributed by atoms with Crippen molar-refractivity contribution in [2.24, 2.45) is 0 Å². The van der Waals surface area contributed by atoms with Crippen LogP contribution in [-0.2, 0) is 22.7 Å². The van der Waals surface area contributed by atoms with Crippen LogP contribution in [0.4, 0.5) is 4.39 Å². The van der Waals surface area contributed by atoms with Gasteiger partial charge in [0, 0.05) is 19.7 Å². The molecule has 1 aromatic heterocycles. The summed E-state index contributed by atoms with van der Waals surface area (Å²) in [5, 5.41) is 11.7. The lowest BCUT2D eigenvalue weighted by molar-refractivity contribution is -0.119. The second-order valence-corrected chi connectivity index (χ2v) is 6.70. The van der Waals surface area contributed by atoms with Crippen LogP contribution in [0.3, 0.4) is 0 Å². The number of thioether (sulfide) groups is 1. The van der Waals surface area contributed by atoms with Crippen molar-refractivity contribution in [1.29, 1.82) is 0 Å². The van der Waals surface area contributed by atoms with Crippen molar-refractivity contribution in [3.05, 3.63) is 48.6 Å². The van der Waals surface area contributed by atoms with E-state index >= 15 is 0 Å². The molecule has 2 rings (SSSR count). The van der Waals surface area contributed by atoms with Crippen LogP contribution in [0.1, 0.15) is 12.7 Å². The van der Waals surface area contributed by atoms with Gasteiger partial charge in [-0.2, -0.15) is 0 Å². The summed E-state index contributed by atoms with van der Waals surface area (Å²) in [4.78, 5) is 12.0. The highest BCUT2D eigenvalue weighted by Crippen LogP contribution is 2.19. The van der Waals surface area contributed by atoms with Crippen molar-refractivity contribution in [2.75, 3.05) is 19.5 Å².